The van der Waals surface area contributed by atoms with E-state index < -0.39 is 23.0 Å². The molecule has 0 saturated heterocycles. The fourth-order valence-corrected chi connectivity index (χ4v) is 2.98. The monoisotopic (exact) mass is 403 g/mol. The minimum absolute atomic E-state index is 0.0717. The van der Waals surface area contributed by atoms with Gasteiger partial charge in [0.2, 0.25) is 5.95 Å². The number of hydrogen-bond acceptors (Lipinski definition) is 5. The van der Waals surface area contributed by atoms with Gasteiger partial charge in [-0.1, -0.05) is 12.1 Å². The molecule has 0 radical (unpaired) electrons. The first kappa shape index (κ1) is 20.4. The highest BCUT2D eigenvalue weighted by Crippen LogP contribution is 2.34. The Labute approximate surface area is 165 Å². The van der Waals surface area contributed by atoms with E-state index in [-0.39, 0.29) is 11.5 Å². The Morgan fingerprint density at radius 3 is 2.55 bits per heavy atom. The van der Waals surface area contributed by atoms with Crippen LogP contribution in [-0.2, 0) is 19.6 Å². The van der Waals surface area contributed by atoms with Crippen LogP contribution < -0.4 is 16.6 Å². The number of aromatic nitrogens is 3. The van der Waals surface area contributed by atoms with Gasteiger partial charge in [-0.3, -0.25) is 14.3 Å². The number of alkyl halides is 3. The van der Waals surface area contributed by atoms with Crippen LogP contribution in [0.15, 0.2) is 53.6 Å². The zero-order valence-corrected chi connectivity index (χ0v) is 15.7. The highest BCUT2D eigenvalue weighted by atomic mass is 19.4. The average molecular weight is 403 g/mol. The molecular weight excluding hydrogens is 383 g/mol. The van der Waals surface area contributed by atoms with Gasteiger partial charge in [-0.05, 0) is 42.7 Å². The lowest BCUT2D eigenvalue weighted by Gasteiger charge is -2.17. The minimum Gasteiger partial charge on any atom is -0.399 e. The molecule has 3 N–H and O–H groups in total. The summed E-state index contributed by atoms with van der Waals surface area (Å²) in [6.07, 6.45) is -0.707. The number of pyridine rings is 1. The number of hydrogen-bond donors (Lipinski definition) is 2. The van der Waals surface area contributed by atoms with Crippen molar-refractivity contribution in [2.45, 2.75) is 19.0 Å². The summed E-state index contributed by atoms with van der Waals surface area (Å²) in [5.74, 6) is 0.0717. The van der Waals surface area contributed by atoms with Crippen molar-refractivity contribution in [1.82, 2.24) is 14.5 Å². The summed E-state index contributed by atoms with van der Waals surface area (Å²) in [5, 5.41) is 2.97. The second-order valence-corrected chi connectivity index (χ2v) is 6.53. The number of nitrogens with zero attached hydrogens (tertiary/aromatic N) is 3. The van der Waals surface area contributed by atoms with Gasteiger partial charge in [0.1, 0.15) is 5.56 Å². The summed E-state index contributed by atoms with van der Waals surface area (Å²) in [7, 11) is 1.27. The summed E-state index contributed by atoms with van der Waals surface area (Å²) in [6, 6.07) is 10.3. The lowest BCUT2D eigenvalue weighted by molar-refractivity contribution is -0.138. The van der Waals surface area contributed by atoms with E-state index in [1.54, 1.807) is 6.07 Å². The molecule has 0 aliphatic rings. The van der Waals surface area contributed by atoms with Crippen molar-refractivity contribution in [3.63, 3.8) is 0 Å². The normalized spacial score (nSPS) is 11.4. The minimum atomic E-state index is -4.83. The molecule has 0 amide bonds. The quantitative estimate of drug-likeness (QED) is 0.486. The summed E-state index contributed by atoms with van der Waals surface area (Å²) in [5.41, 5.74) is 4.79. The van der Waals surface area contributed by atoms with E-state index >= 15 is 0 Å². The van der Waals surface area contributed by atoms with Gasteiger partial charge in [0.25, 0.3) is 5.56 Å². The van der Waals surface area contributed by atoms with Crippen molar-refractivity contribution in [2.24, 2.45) is 7.05 Å². The zero-order chi connectivity index (χ0) is 21.0. The van der Waals surface area contributed by atoms with Crippen LogP contribution in [0.25, 0.3) is 11.3 Å². The SMILES string of the molecule is Cn1c(NCCCc2cccc(N)c2)nc(-c2ccncc2)c(C(F)(F)F)c1=O. The van der Waals surface area contributed by atoms with Crippen LogP contribution in [0.5, 0.6) is 0 Å². The first-order valence-corrected chi connectivity index (χ1v) is 8.94. The molecule has 3 aromatic rings. The molecule has 0 aliphatic carbocycles. The summed E-state index contributed by atoms with van der Waals surface area (Å²) < 4.78 is 41.5. The van der Waals surface area contributed by atoms with Gasteiger partial charge in [0.05, 0.1) is 5.69 Å². The third-order valence-electron chi connectivity index (χ3n) is 4.40. The van der Waals surface area contributed by atoms with Gasteiger partial charge in [-0.25, -0.2) is 4.98 Å². The standard InChI is InChI=1S/C20H20F3N5O/c1-28-18(29)16(20(21,22)23)17(14-7-10-25-11-8-14)27-19(28)26-9-3-5-13-4-2-6-15(24)12-13/h2,4,6-8,10-12H,3,5,9,24H2,1H3,(H,26,27). The maximum Gasteiger partial charge on any atom is 0.423 e. The smallest absolute Gasteiger partial charge is 0.399 e. The molecule has 6 nitrogen and oxygen atoms in total. The summed E-state index contributed by atoms with van der Waals surface area (Å²) in [6.45, 7) is 0.427. The number of aryl methyl sites for hydroxylation is 1. The number of halogens is 3. The lowest BCUT2D eigenvalue weighted by Crippen LogP contribution is -2.31. The first-order valence-electron chi connectivity index (χ1n) is 8.94. The third kappa shape index (κ3) is 4.74. The maximum absolute atomic E-state index is 13.5. The van der Waals surface area contributed by atoms with E-state index in [0.29, 0.717) is 18.7 Å². The van der Waals surface area contributed by atoms with Crippen molar-refractivity contribution in [3.8, 4) is 11.3 Å². The van der Waals surface area contributed by atoms with Gasteiger partial charge in [-0.2, -0.15) is 13.2 Å². The predicted octanol–water partition coefficient (Wildman–Crippen LogP) is 3.49. The van der Waals surface area contributed by atoms with E-state index in [9.17, 15) is 18.0 Å². The Morgan fingerprint density at radius 1 is 1.17 bits per heavy atom. The molecule has 0 fully saturated rings. The van der Waals surface area contributed by atoms with E-state index in [1.807, 2.05) is 18.2 Å². The molecule has 0 bridgehead atoms. The van der Waals surface area contributed by atoms with Crippen molar-refractivity contribution in [3.05, 3.63) is 70.3 Å². The van der Waals surface area contributed by atoms with Crippen LogP contribution in [0.3, 0.4) is 0 Å². The molecule has 29 heavy (non-hydrogen) atoms. The maximum atomic E-state index is 13.5. The van der Waals surface area contributed by atoms with E-state index in [4.69, 9.17) is 5.73 Å². The Balaban J connectivity index is 1.86. The first-order chi connectivity index (χ1) is 13.8. The molecular formula is C20H20F3N5O. The lowest BCUT2D eigenvalue weighted by atomic mass is 10.1. The fraction of sp³-hybridized carbons (Fsp3) is 0.250. The topological polar surface area (TPSA) is 85.8 Å². The van der Waals surface area contributed by atoms with Gasteiger partial charge in [0.15, 0.2) is 0 Å². The van der Waals surface area contributed by atoms with Crippen LogP contribution in [0.1, 0.15) is 17.5 Å². The van der Waals surface area contributed by atoms with Crippen molar-refractivity contribution >= 4 is 11.6 Å². The highest BCUT2D eigenvalue weighted by molar-refractivity contribution is 5.64. The summed E-state index contributed by atoms with van der Waals surface area (Å²) in [4.78, 5) is 20.4. The molecule has 0 unspecified atom stereocenters. The Hall–Kier alpha value is -3.36. The molecule has 0 aliphatic heterocycles. The van der Waals surface area contributed by atoms with Crippen LogP contribution in [0, 0.1) is 0 Å². The van der Waals surface area contributed by atoms with Gasteiger partial charge < -0.3 is 11.1 Å². The number of anilines is 2. The molecule has 0 spiro atoms. The van der Waals surface area contributed by atoms with Gasteiger partial charge >= 0.3 is 6.18 Å². The Bertz CT molecular complexity index is 1050. The molecule has 152 valence electrons. The van der Waals surface area contributed by atoms with Gasteiger partial charge in [-0.15, -0.1) is 0 Å². The van der Waals surface area contributed by atoms with Crippen molar-refractivity contribution < 1.29 is 13.2 Å². The number of nitrogen functional groups attached to an aromatic ring is 1. The number of nitrogens with two attached hydrogens (primary N) is 1. The summed E-state index contributed by atoms with van der Waals surface area (Å²) >= 11 is 0. The molecule has 9 heteroatoms. The van der Waals surface area contributed by atoms with E-state index in [1.165, 1.54) is 31.6 Å². The molecule has 0 atom stereocenters. The van der Waals surface area contributed by atoms with E-state index in [0.717, 1.165) is 16.6 Å². The van der Waals surface area contributed by atoms with Crippen LogP contribution >= 0.6 is 0 Å². The molecule has 0 saturated carbocycles. The van der Waals surface area contributed by atoms with Crippen LogP contribution in [0.2, 0.25) is 0 Å². The van der Waals surface area contributed by atoms with Crippen molar-refractivity contribution in [2.75, 3.05) is 17.6 Å². The van der Waals surface area contributed by atoms with Crippen molar-refractivity contribution in [1.29, 1.82) is 0 Å². The Kier molecular flexibility index (Phi) is 5.86. The third-order valence-corrected chi connectivity index (χ3v) is 4.40. The number of nitrogens with one attached hydrogen (secondary N) is 1. The molecule has 3 rings (SSSR count). The highest BCUT2D eigenvalue weighted by Gasteiger charge is 2.39. The Morgan fingerprint density at radius 2 is 1.90 bits per heavy atom. The fourth-order valence-electron chi connectivity index (χ4n) is 2.98. The number of rotatable bonds is 6. The average Bonchev–Trinajstić information content (AvgIpc) is 2.68. The molecule has 2 aromatic heterocycles. The predicted molar refractivity (Wildman–Crippen MR) is 105 cm³/mol. The van der Waals surface area contributed by atoms with Crippen LogP contribution in [0.4, 0.5) is 24.8 Å². The van der Waals surface area contributed by atoms with Gasteiger partial charge in [0, 0.05) is 37.2 Å². The van der Waals surface area contributed by atoms with Crippen LogP contribution in [-0.4, -0.2) is 21.1 Å². The zero-order valence-electron chi connectivity index (χ0n) is 15.7. The second kappa shape index (κ2) is 8.34. The largest absolute Gasteiger partial charge is 0.423 e. The van der Waals surface area contributed by atoms with E-state index in [2.05, 4.69) is 15.3 Å². The molecule has 1 aromatic carbocycles. The second-order valence-electron chi connectivity index (χ2n) is 6.53. The number of benzene rings is 1. The molecule has 2 heterocycles.